The maximum Gasteiger partial charge on any atom is 0.294 e. The number of thioether (sulfide) groups is 1. The fourth-order valence-corrected chi connectivity index (χ4v) is 5.09. The Hall–Kier alpha value is -2.04. The number of ether oxygens (including phenoxy) is 2. The molecule has 2 aliphatic heterocycles. The summed E-state index contributed by atoms with van der Waals surface area (Å²) in [5.41, 5.74) is 1.48. The van der Waals surface area contributed by atoms with Crippen LogP contribution in [0, 0.1) is 0 Å². The summed E-state index contributed by atoms with van der Waals surface area (Å²) in [6, 6.07) is 10.9. The van der Waals surface area contributed by atoms with Crippen LogP contribution in [0.2, 0.25) is 10.0 Å². The van der Waals surface area contributed by atoms with Crippen LogP contribution in [-0.4, -0.2) is 59.7 Å². The quantitative estimate of drug-likeness (QED) is 0.432. The molecule has 2 aromatic rings. The Morgan fingerprint density at radius 3 is 2.41 bits per heavy atom. The number of rotatable bonds is 6. The third-order valence-corrected chi connectivity index (χ3v) is 7.14. The Kier molecular flexibility index (Phi) is 8.21. The van der Waals surface area contributed by atoms with Crippen molar-refractivity contribution in [3.05, 3.63) is 66.9 Å². The monoisotopic (exact) mass is 584 g/mol. The highest BCUT2D eigenvalue weighted by atomic mass is 79.9. The zero-order valence-corrected chi connectivity index (χ0v) is 21.7. The summed E-state index contributed by atoms with van der Waals surface area (Å²) >= 11 is 16.9. The number of imide groups is 1. The smallest absolute Gasteiger partial charge is 0.294 e. The van der Waals surface area contributed by atoms with Crippen molar-refractivity contribution in [3.63, 3.8) is 0 Å². The average molecular weight is 586 g/mol. The highest BCUT2D eigenvalue weighted by Crippen LogP contribution is 2.37. The lowest BCUT2D eigenvalue weighted by Gasteiger charge is -2.28. The number of hydrogen-bond acceptors (Lipinski definition) is 6. The van der Waals surface area contributed by atoms with E-state index in [-0.39, 0.29) is 34.0 Å². The Morgan fingerprint density at radius 1 is 1.12 bits per heavy atom. The van der Waals surface area contributed by atoms with Gasteiger partial charge in [0.05, 0.1) is 28.2 Å². The fourth-order valence-electron chi connectivity index (χ4n) is 3.37. The molecular formula is C23H19BrCl2N2O5S. The van der Waals surface area contributed by atoms with E-state index in [1.165, 1.54) is 6.08 Å². The first kappa shape index (κ1) is 25.1. The molecule has 7 nitrogen and oxygen atoms in total. The standard InChI is InChI=1S/C23H19BrCl2N2O5S/c24-16-3-1-14(2-4-16)13-33-21-17(25)9-15(10-18(21)26)11-19-22(30)28(23(31)34-19)12-20(29)27-5-7-32-8-6-27/h1-4,9-11H,5-8,12-13H2/b19-11+. The molecule has 2 aromatic carbocycles. The first-order valence-corrected chi connectivity index (χ1v) is 12.7. The highest BCUT2D eigenvalue weighted by Gasteiger charge is 2.37. The predicted octanol–water partition coefficient (Wildman–Crippen LogP) is 5.23. The SMILES string of the molecule is O=C(CN1C(=O)S/C(=C/c2cc(Cl)c(OCc3ccc(Br)cc3)c(Cl)c2)C1=O)N1CCOCC1. The van der Waals surface area contributed by atoms with Gasteiger partial charge >= 0.3 is 0 Å². The Bertz CT molecular complexity index is 1130. The van der Waals surface area contributed by atoms with Crippen molar-refractivity contribution in [1.82, 2.24) is 9.80 Å². The molecular weight excluding hydrogens is 567 g/mol. The lowest BCUT2D eigenvalue weighted by atomic mass is 10.2. The van der Waals surface area contributed by atoms with Gasteiger partial charge in [-0.3, -0.25) is 19.3 Å². The first-order chi connectivity index (χ1) is 16.3. The van der Waals surface area contributed by atoms with Crippen molar-refractivity contribution in [3.8, 4) is 5.75 Å². The van der Waals surface area contributed by atoms with Crippen LogP contribution in [-0.2, 0) is 20.9 Å². The van der Waals surface area contributed by atoms with Crippen LogP contribution in [0.15, 0.2) is 45.8 Å². The zero-order chi connectivity index (χ0) is 24.2. The summed E-state index contributed by atoms with van der Waals surface area (Å²) in [6.07, 6.45) is 1.53. The number of nitrogens with zero attached hydrogens (tertiary/aromatic N) is 2. The molecule has 11 heteroatoms. The van der Waals surface area contributed by atoms with Gasteiger partial charge in [0.15, 0.2) is 5.75 Å². The molecule has 0 N–H and O–H groups in total. The lowest BCUT2D eigenvalue weighted by Crippen LogP contribution is -2.46. The molecule has 0 atom stereocenters. The first-order valence-electron chi connectivity index (χ1n) is 10.3. The third-order valence-electron chi connectivity index (χ3n) is 5.15. The summed E-state index contributed by atoms with van der Waals surface area (Å²) in [5.74, 6) is -0.489. The molecule has 178 valence electrons. The molecule has 0 spiro atoms. The van der Waals surface area contributed by atoms with Gasteiger partial charge in [0.1, 0.15) is 13.2 Å². The van der Waals surface area contributed by atoms with E-state index in [0.29, 0.717) is 37.6 Å². The largest absolute Gasteiger partial charge is 0.486 e. The molecule has 0 unspecified atom stereocenters. The molecule has 0 saturated carbocycles. The highest BCUT2D eigenvalue weighted by molar-refractivity contribution is 9.10. The van der Waals surface area contributed by atoms with E-state index in [0.717, 1.165) is 26.7 Å². The summed E-state index contributed by atoms with van der Waals surface area (Å²) in [4.78, 5) is 40.4. The maximum atomic E-state index is 12.8. The summed E-state index contributed by atoms with van der Waals surface area (Å²) < 4.78 is 12.0. The number of benzene rings is 2. The van der Waals surface area contributed by atoms with Crippen LogP contribution in [0.25, 0.3) is 6.08 Å². The number of halogens is 3. The molecule has 0 aliphatic carbocycles. The van der Waals surface area contributed by atoms with Crippen LogP contribution in [0.3, 0.4) is 0 Å². The second-order valence-electron chi connectivity index (χ2n) is 7.49. The molecule has 0 aromatic heterocycles. The van der Waals surface area contributed by atoms with E-state index in [1.807, 2.05) is 24.3 Å². The number of amides is 3. The van der Waals surface area contributed by atoms with Crippen molar-refractivity contribution in [2.24, 2.45) is 0 Å². The number of hydrogen-bond donors (Lipinski definition) is 0. The molecule has 2 aliphatic rings. The molecule has 4 rings (SSSR count). The third kappa shape index (κ3) is 5.95. The molecule has 3 amide bonds. The van der Waals surface area contributed by atoms with Crippen LogP contribution in [0.5, 0.6) is 5.75 Å². The Morgan fingerprint density at radius 2 is 1.76 bits per heavy atom. The Balaban J connectivity index is 1.44. The van der Waals surface area contributed by atoms with Gasteiger partial charge in [-0.25, -0.2) is 0 Å². The zero-order valence-electron chi connectivity index (χ0n) is 17.8. The maximum absolute atomic E-state index is 12.8. The number of morpholine rings is 1. The number of carbonyl (C=O) groups is 3. The van der Waals surface area contributed by atoms with Crippen molar-refractivity contribution in [1.29, 1.82) is 0 Å². The van der Waals surface area contributed by atoms with E-state index in [2.05, 4.69) is 15.9 Å². The molecule has 0 bridgehead atoms. The van der Waals surface area contributed by atoms with Gasteiger partial charge in [-0.1, -0.05) is 51.3 Å². The van der Waals surface area contributed by atoms with Gasteiger partial charge in [-0.05, 0) is 53.2 Å². The van der Waals surface area contributed by atoms with Crippen molar-refractivity contribution in [2.45, 2.75) is 6.61 Å². The lowest BCUT2D eigenvalue weighted by molar-refractivity contribution is -0.139. The van der Waals surface area contributed by atoms with E-state index in [4.69, 9.17) is 32.7 Å². The van der Waals surface area contributed by atoms with Gasteiger partial charge in [0.25, 0.3) is 11.1 Å². The van der Waals surface area contributed by atoms with Crippen LogP contribution < -0.4 is 4.74 Å². The van der Waals surface area contributed by atoms with Crippen molar-refractivity contribution < 1.29 is 23.9 Å². The molecule has 34 heavy (non-hydrogen) atoms. The minimum atomic E-state index is -0.528. The van der Waals surface area contributed by atoms with Crippen LogP contribution in [0.1, 0.15) is 11.1 Å². The average Bonchev–Trinajstić information content (AvgIpc) is 3.07. The van der Waals surface area contributed by atoms with Gasteiger partial charge in [0.2, 0.25) is 5.91 Å². The van der Waals surface area contributed by atoms with Gasteiger partial charge in [-0.15, -0.1) is 0 Å². The Labute approximate surface area is 219 Å². The summed E-state index contributed by atoms with van der Waals surface area (Å²) in [6.45, 7) is 1.75. The molecule has 2 saturated heterocycles. The molecule has 2 heterocycles. The fraction of sp³-hybridized carbons (Fsp3) is 0.261. The molecule has 2 fully saturated rings. The predicted molar refractivity (Wildman–Crippen MR) is 135 cm³/mol. The number of carbonyl (C=O) groups excluding carboxylic acids is 3. The second kappa shape index (κ2) is 11.1. The van der Waals surface area contributed by atoms with Crippen molar-refractivity contribution >= 4 is 74.0 Å². The van der Waals surface area contributed by atoms with E-state index < -0.39 is 11.1 Å². The van der Waals surface area contributed by atoms with E-state index in [1.54, 1.807) is 17.0 Å². The second-order valence-corrected chi connectivity index (χ2v) is 10.2. The van der Waals surface area contributed by atoms with E-state index >= 15 is 0 Å². The van der Waals surface area contributed by atoms with Gasteiger partial charge in [-0.2, -0.15) is 0 Å². The minimum absolute atomic E-state index is 0.190. The van der Waals surface area contributed by atoms with E-state index in [9.17, 15) is 14.4 Å². The van der Waals surface area contributed by atoms with Crippen LogP contribution in [0.4, 0.5) is 4.79 Å². The normalized spacial score (nSPS) is 17.6. The summed E-state index contributed by atoms with van der Waals surface area (Å²) in [5, 5.41) is 0.0553. The summed E-state index contributed by atoms with van der Waals surface area (Å²) in [7, 11) is 0. The van der Waals surface area contributed by atoms with Crippen molar-refractivity contribution in [2.75, 3.05) is 32.8 Å². The molecule has 0 radical (unpaired) electrons. The minimum Gasteiger partial charge on any atom is -0.486 e. The van der Waals surface area contributed by atoms with Gasteiger partial charge in [0, 0.05) is 17.6 Å². The topological polar surface area (TPSA) is 76.2 Å². The van der Waals surface area contributed by atoms with Gasteiger partial charge < -0.3 is 14.4 Å². The van der Waals surface area contributed by atoms with Crippen LogP contribution >= 0.6 is 50.9 Å².